The van der Waals surface area contributed by atoms with E-state index in [0.29, 0.717) is 29.0 Å². The van der Waals surface area contributed by atoms with Gasteiger partial charge in [0.25, 0.3) is 0 Å². The molecule has 0 unspecified atom stereocenters. The third kappa shape index (κ3) is 6.24. The second kappa shape index (κ2) is 11.2. The van der Waals surface area contributed by atoms with Gasteiger partial charge in [-0.05, 0) is 59.7 Å². The molecule has 12 heteroatoms. The number of amides is 2. The van der Waals surface area contributed by atoms with Gasteiger partial charge < -0.3 is 30.4 Å². The Balaban J connectivity index is 1.24. The SMILES string of the molecule is Nc1noc2c(OCCN3CCOCC3)ccc(-c3ccc(NC(=O)Nc4ccc(C(F)(F)F)cc4)cc3)c12. The Kier molecular flexibility index (Phi) is 7.57. The number of nitrogens with two attached hydrogens (primary N) is 1. The van der Waals surface area contributed by atoms with E-state index >= 15 is 0 Å². The number of nitrogen functional groups attached to an aromatic ring is 1. The zero-order valence-electron chi connectivity index (χ0n) is 20.8. The van der Waals surface area contributed by atoms with Gasteiger partial charge >= 0.3 is 12.2 Å². The van der Waals surface area contributed by atoms with E-state index in [2.05, 4.69) is 20.7 Å². The first-order valence-electron chi connectivity index (χ1n) is 12.2. The molecule has 0 spiro atoms. The number of nitrogens with one attached hydrogen (secondary N) is 2. The average molecular weight is 542 g/mol. The fraction of sp³-hybridized carbons (Fsp3) is 0.259. The third-order valence-corrected chi connectivity index (χ3v) is 6.31. The Morgan fingerprint density at radius 2 is 1.62 bits per heavy atom. The van der Waals surface area contributed by atoms with Gasteiger partial charge in [-0.3, -0.25) is 4.90 Å². The van der Waals surface area contributed by atoms with E-state index < -0.39 is 17.8 Å². The molecule has 4 aromatic rings. The molecule has 1 aromatic heterocycles. The molecule has 2 amide bonds. The molecule has 1 fully saturated rings. The summed E-state index contributed by atoms with van der Waals surface area (Å²) in [7, 11) is 0. The van der Waals surface area contributed by atoms with E-state index in [4.69, 9.17) is 19.7 Å². The predicted octanol–water partition coefficient (Wildman–Crippen LogP) is 5.45. The molecule has 1 saturated heterocycles. The lowest BCUT2D eigenvalue weighted by molar-refractivity contribution is -0.137. The molecule has 0 atom stereocenters. The average Bonchev–Trinajstić information content (AvgIpc) is 3.31. The number of hydrogen-bond donors (Lipinski definition) is 3. The fourth-order valence-corrected chi connectivity index (χ4v) is 4.28. The Hall–Kier alpha value is -4.29. The zero-order chi connectivity index (χ0) is 27.4. The number of morpholine rings is 1. The van der Waals surface area contributed by atoms with Crippen molar-refractivity contribution < 1.29 is 32.0 Å². The summed E-state index contributed by atoms with van der Waals surface area (Å²) in [4.78, 5) is 14.6. The first kappa shape index (κ1) is 26.3. The van der Waals surface area contributed by atoms with Gasteiger partial charge in [0.05, 0.1) is 24.2 Å². The Morgan fingerprint density at radius 1 is 0.974 bits per heavy atom. The maximum atomic E-state index is 12.7. The van der Waals surface area contributed by atoms with Gasteiger partial charge in [0.2, 0.25) is 5.58 Å². The van der Waals surface area contributed by atoms with E-state index in [-0.39, 0.29) is 11.5 Å². The van der Waals surface area contributed by atoms with Crippen LogP contribution in [0.2, 0.25) is 0 Å². The number of rotatable bonds is 7. The van der Waals surface area contributed by atoms with E-state index in [1.54, 1.807) is 24.3 Å². The molecular formula is C27H26F3N5O4. The Morgan fingerprint density at radius 3 is 2.26 bits per heavy atom. The van der Waals surface area contributed by atoms with E-state index in [1.165, 1.54) is 12.1 Å². The summed E-state index contributed by atoms with van der Waals surface area (Å²) in [5.74, 6) is 0.779. The minimum Gasteiger partial charge on any atom is -0.488 e. The number of carbonyl (C=O) groups excluding carboxylic acids is 1. The number of halogens is 3. The second-order valence-corrected chi connectivity index (χ2v) is 8.92. The van der Waals surface area contributed by atoms with Crippen molar-refractivity contribution in [2.24, 2.45) is 0 Å². The fourth-order valence-electron chi connectivity index (χ4n) is 4.28. The molecule has 3 aromatic carbocycles. The first-order valence-corrected chi connectivity index (χ1v) is 12.2. The van der Waals surface area contributed by atoms with E-state index in [1.807, 2.05) is 12.1 Å². The lowest BCUT2D eigenvalue weighted by atomic mass is 10.0. The van der Waals surface area contributed by atoms with Crippen LogP contribution in [0.1, 0.15) is 5.56 Å². The minimum absolute atomic E-state index is 0.231. The number of urea groups is 1. The van der Waals surface area contributed by atoms with Crippen molar-refractivity contribution >= 4 is 34.2 Å². The molecule has 0 aliphatic carbocycles. The molecule has 9 nitrogen and oxygen atoms in total. The molecule has 0 radical (unpaired) electrons. The van der Waals surface area contributed by atoms with Crippen molar-refractivity contribution in [3.8, 4) is 16.9 Å². The quantitative estimate of drug-likeness (QED) is 0.285. The number of ether oxygens (including phenoxy) is 2. The number of fused-ring (bicyclic) bond motifs is 1. The summed E-state index contributed by atoms with van der Waals surface area (Å²) < 4.78 is 55.0. The predicted molar refractivity (Wildman–Crippen MR) is 141 cm³/mol. The normalized spacial score (nSPS) is 14.3. The molecule has 5 rings (SSSR count). The van der Waals surface area contributed by atoms with Crippen LogP contribution in [0.5, 0.6) is 5.75 Å². The van der Waals surface area contributed by atoms with Crippen molar-refractivity contribution in [3.63, 3.8) is 0 Å². The summed E-state index contributed by atoms with van der Waals surface area (Å²) >= 11 is 0. The summed E-state index contributed by atoms with van der Waals surface area (Å²) in [6, 6.07) is 14.3. The minimum atomic E-state index is -4.44. The number of alkyl halides is 3. The van der Waals surface area contributed by atoms with Gasteiger partial charge in [-0.1, -0.05) is 17.3 Å². The molecule has 39 heavy (non-hydrogen) atoms. The monoisotopic (exact) mass is 541 g/mol. The van der Waals surface area contributed by atoms with Gasteiger partial charge in [-0.15, -0.1) is 0 Å². The van der Waals surface area contributed by atoms with Gasteiger partial charge in [0.15, 0.2) is 11.6 Å². The highest BCUT2D eigenvalue weighted by Gasteiger charge is 2.30. The van der Waals surface area contributed by atoms with Crippen LogP contribution in [0, 0.1) is 0 Å². The maximum absolute atomic E-state index is 12.7. The van der Waals surface area contributed by atoms with Crippen LogP contribution in [0.15, 0.2) is 65.2 Å². The topological polar surface area (TPSA) is 115 Å². The highest BCUT2D eigenvalue weighted by atomic mass is 19.4. The molecule has 1 aliphatic rings. The van der Waals surface area contributed by atoms with Crippen molar-refractivity contribution in [2.45, 2.75) is 6.18 Å². The number of hydrogen-bond acceptors (Lipinski definition) is 7. The first-order chi connectivity index (χ1) is 18.8. The van der Waals surface area contributed by atoms with E-state index in [9.17, 15) is 18.0 Å². The lowest BCUT2D eigenvalue weighted by Gasteiger charge is -2.26. The highest BCUT2D eigenvalue weighted by Crippen LogP contribution is 2.38. The molecule has 2 heterocycles. The van der Waals surface area contributed by atoms with Crippen molar-refractivity contribution in [2.75, 3.05) is 55.8 Å². The summed E-state index contributed by atoms with van der Waals surface area (Å²) in [5.41, 5.74) is 8.09. The Bertz CT molecular complexity index is 1430. The van der Waals surface area contributed by atoms with Crippen molar-refractivity contribution in [1.82, 2.24) is 10.1 Å². The molecule has 0 bridgehead atoms. The van der Waals surface area contributed by atoms with Crippen LogP contribution < -0.4 is 21.1 Å². The summed E-state index contributed by atoms with van der Waals surface area (Å²) in [6.45, 7) is 4.41. The number of nitrogens with zero attached hydrogens (tertiary/aromatic N) is 2. The van der Waals surface area contributed by atoms with Crippen molar-refractivity contribution in [1.29, 1.82) is 0 Å². The molecule has 204 valence electrons. The zero-order valence-corrected chi connectivity index (χ0v) is 20.8. The largest absolute Gasteiger partial charge is 0.488 e. The van der Waals surface area contributed by atoms with Crippen LogP contribution >= 0.6 is 0 Å². The van der Waals surface area contributed by atoms with Crippen LogP contribution in [0.25, 0.3) is 22.1 Å². The van der Waals surface area contributed by atoms with Gasteiger partial charge in [-0.2, -0.15) is 13.2 Å². The summed E-state index contributed by atoms with van der Waals surface area (Å²) in [6.07, 6.45) is -4.44. The molecule has 1 aliphatic heterocycles. The standard InChI is InChI=1S/C27H26F3N5O4/c28-27(29,30)18-3-7-20(8-4-18)33-26(36)32-19-5-1-17(2-6-19)21-9-10-22(24-23(21)25(31)34-39-24)38-16-13-35-11-14-37-15-12-35/h1-10H,11-16H2,(H2,31,34)(H2,32,33,36). The van der Waals surface area contributed by atoms with Crippen LogP contribution in [0.3, 0.4) is 0 Å². The van der Waals surface area contributed by atoms with Crippen LogP contribution in [0.4, 0.5) is 35.2 Å². The third-order valence-electron chi connectivity index (χ3n) is 6.31. The smallest absolute Gasteiger partial charge is 0.416 e. The number of carbonyl (C=O) groups is 1. The van der Waals surface area contributed by atoms with Gasteiger partial charge in [0.1, 0.15) is 6.61 Å². The summed E-state index contributed by atoms with van der Waals surface area (Å²) in [5, 5.41) is 9.72. The molecular weight excluding hydrogens is 515 g/mol. The van der Waals surface area contributed by atoms with Crippen LogP contribution in [-0.4, -0.2) is 55.5 Å². The highest BCUT2D eigenvalue weighted by molar-refractivity contribution is 6.04. The molecule has 0 saturated carbocycles. The van der Waals surface area contributed by atoms with Crippen LogP contribution in [-0.2, 0) is 10.9 Å². The van der Waals surface area contributed by atoms with E-state index in [0.717, 1.165) is 56.1 Å². The number of anilines is 3. The number of benzene rings is 3. The molecule has 4 N–H and O–H groups in total. The maximum Gasteiger partial charge on any atom is 0.416 e. The second-order valence-electron chi connectivity index (χ2n) is 8.92. The Labute approximate surface area is 221 Å². The van der Waals surface area contributed by atoms with Gasteiger partial charge in [-0.25, -0.2) is 4.79 Å². The number of aromatic nitrogens is 1. The lowest BCUT2D eigenvalue weighted by Crippen LogP contribution is -2.38. The van der Waals surface area contributed by atoms with Crippen molar-refractivity contribution in [3.05, 3.63) is 66.2 Å². The van der Waals surface area contributed by atoms with Gasteiger partial charge in [0, 0.05) is 31.0 Å².